The predicted octanol–water partition coefficient (Wildman–Crippen LogP) is 4.15. The van der Waals surface area contributed by atoms with E-state index in [1.807, 2.05) is 6.07 Å². The molecule has 32 heavy (non-hydrogen) atoms. The second-order valence-electron chi connectivity index (χ2n) is 11.0. The maximum absolute atomic E-state index is 14.5. The molecule has 0 aliphatic heterocycles. The lowest BCUT2D eigenvalue weighted by molar-refractivity contribution is -0.384. The van der Waals surface area contributed by atoms with Crippen LogP contribution in [0.1, 0.15) is 30.9 Å². The zero-order valence-corrected chi connectivity index (χ0v) is 17.6. The minimum absolute atomic E-state index is 0.0201. The molecular formula is C27H21NO4. The van der Waals surface area contributed by atoms with Crippen molar-refractivity contribution in [2.75, 3.05) is 0 Å². The van der Waals surface area contributed by atoms with Crippen molar-refractivity contribution in [2.24, 2.45) is 35.0 Å². The van der Waals surface area contributed by atoms with Gasteiger partial charge in [0.2, 0.25) is 0 Å². The van der Waals surface area contributed by atoms with Gasteiger partial charge in [-0.25, -0.2) is 0 Å². The molecule has 158 valence electrons. The quantitative estimate of drug-likeness (QED) is 0.422. The van der Waals surface area contributed by atoms with E-state index in [0.29, 0.717) is 0 Å². The van der Waals surface area contributed by atoms with E-state index in [-0.39, 0.29) is 57.7 Å². The third kappa shape index (κ3) is 1.37. The van der Waals surface area contributed by atoms with Crippen molar-refractivity contribution in [2.45, 2.75) is 30.6 Å². The fourth-order valence-corrected chi connectivity index (χ4v) is 9.98. The molecule has 9 aliphatic carbocycles. The number of ketones is 2. The number of rotatable bonds is 3. The summed E-state index contributed by atoms with van der Waals surface area (Å²) in [4.78, 5) is 39.5. The standard InChI is InChI=1S/C27H21NO4/c1-25-12-26(13-5-3-2-4-6-13)18-16-11-17(20(18)25)27(14-7-9-15(10-8-14)28(31)32)19(16)23(29)21(26)22(25)24(27)30/h2-10,16-17,19,21-22H,11-12H2,1H3/t16-,17+,19+,21+,22-,25-,26-,27-/m1/s1. The number of nitrogens with zero attached hydrogens (tertiary/aromatic N) is 1. The van der Waals surface area contributed by atoms with Crippen LogP contribution in [-0.4, -0.2) is 16.5 Å². The first-order chi connectivity index (χ1) is 15.4. The van der Waals surface area contributed by atoms with E-state index < -0.39 is 10.3 Å². The highest BCUT2D eigenvalue weighted by molar-refractivity contribution is 6.13. The fraction of sp³-hybridized carbons (Fsp3) is 0.407. The Morgan fingerprint density at radius 2 is 1.62 bits per heavy atom. The van der Waals surface area contributed by atoms with Crippen molar-refractivity contribution in [1.29, 1.82) is 0 Å². The van der Waals surface area contributed by atoms with Crippen LogP contribution in [0.2, 0.25) is 0 Å². The van der Waals surface area contributed by atoms with Crippen molar-refractivity contribution >= 4 is 17.3 Å². The molecule has 10 bridgehead atoms. The Bertz CT molecular complexity index is 1340. The lowest BCUT2D eigenvalue weighted by Crippen LogP contribution is -2.70. The number of nitro groups is 1. The first-order valence-electron chi connectivity index (χ1n) is 11.5. The molecule has 8 atom stereocenters. The van der Waals surface area contributed by atoms with E-state index in [9.17, 15) is 19.7 Å². The second-order valence-corrected chi connectivity index (χ2v) is 11.0. The first-order valence-corrected chi connectivity index (χ1v) is 11.5. The van der Waals surface area contributed by atoms with Gasteiger partial charge in [0, 0.05) is 40.7 Å². The van der Waals surface area contributed by atoms with E-state index in [4.69, 9.17) is 0 Å². The Labute approximate surface area is 184 Å². The zero-order valence-electron chi connectivity index (χ0n) is 17.6. The van der Waals surface area contributed by atoms with Crippen LogP contribution in [0.25, 0.3) is 0 Å². The van der Waals surface area contributed by atoms with Crippen LogP contribution in [0.4, 0.5) is 5.69 Å². The minimum atomic E-state index is -0.816. The molecule has 0 spiro atoms. The smallest absolute Gasteiger partial charge is 0.269 e. The molecule has 0 saturated heterocycles. The second kappa shape index (κ2) is 4.80. The molecule has 2 aromatic carbocycles. The van der Waals surface area contributed by atoms with Crippen molar-refractivity contribution in [3.8, 4) is 0 Å². The van der Waals surface area contributed by atoms with Crippen molar-refractivity contribution < 1.29 is 14.5 Å². The van der Waals surface area contributed by atoms with E-state index in [1.54, 1.807) is 12.1 Å². The molecule has 5 heteroatoms. The predicted molar refractivity (Wildman–Crippen MR) is 115 cm³/mol. The highest BCUT2D eigenvalue weighted by Gasteiger charge is 2.89. The lowest BCUT2D eigenvalue weighted by atomic mass is 9.37. The van der Waals surface area contributed by atoms with Crippen molar-refractivity contribution in [3.05, 3.63) is 87.0 Å². The van der Waals surface area contributed by atoms with Gasteiger partial charge in [0.1, 0.15) is 11.6 Å². The van der Waals surface area contributed by atoms with Crippen LogP contribution in [0.15, 0.2) is 65.7 Å². The van der Waals surface area contributed by atoms with E-state index in [1.165, 1.54) is 28.8 Å². The third-order valence-electron chi connectivity index (χ3n) is 10.4. The summed E-state index contributed by atoms with van der Waals surface area (Å²) in [7, 11) is 0. The molecular weight excluding hydrogens is 402 g/mol. The first kappa shape index (κ1) is 17.5. The Kier molecular flexibility index (Phi) is 2.62. The molecule has 9 aliphatic rings. The van der Waals surface area contributed by atoms with Gasteiger partial charge in [0.15, 0.2) is 0 Å². The van der Waals surface area contributed by atoms with E-state index in [2.05, 4.69) is 31.2 Å². The lowest BCUT2D eigenvalue weighted by Gasteiger charge is -2.63. The number of nitro benzene ring substituents is 1. The molecule has 5 saturated carbocycles. The summed E-state index contributed by atoms with van der Waals surface area (Å²) >= 11 is 0. The van der Waals surface area contributed by atoms with Crippen LogP contribution < -0.4 is 0 Å². The summed E-state index contributed by atoms with van der Waals surface area (Å²) in [6.45, 7) is 2.24. The summed E-state index contributed by atoms with van der Waals surface area (Å²) in [5.74, 6) is -0.157. The van der Waals surface area contributed by atoms with Gasteiger partial charge in [-0.15, -0.1) is 0 Å². The number of carbonyl (C=O) groups excluding carboxylic acids is 2. The average Bonchev–Trinajstić information content (AvgIpc) is 3.51. The van der Waals surface area contributed by atoms with Crippen LogP contribution in [0.5, 0.6) is 0 Å². The zero-order chi connectivity index (χ0) is 21.8. The van der Waals surface area contributed by atoms with Crippen LogP contribution in [0.3, 0.4) is 0 Å². The van der Waals surface area contributed by atoms with Gasteiger partial charge in [0.25, 0.3) is 5.69 Å². The highest BCUT2D eigenvalue weighted by Crippen LogP contribution is 2.87. The number of hydrogen-bond donors (Lipinski definition) is 0. The largest absolute Gasteiger partial charge is 0.299 e. The monoisotopic (exact) mass is 423 g/mol. The Balaban J connectivity index is 1.43. The van der Waals surface area contributed by atoms with Gasteiger partial charge < -0.3 is 0 Å². The molecule has 0 unspecified atom stereocenters. The Hall–Kier alpha value is -3.08. The maximum atomic E-state index is 14.5. The average molecular weight is 423 g/mol. The van der Waals surface area contributed by atoms with Crippen LogP contribution in [-0.2, 0) is 20.4 Å². The highest BCUT2D eigenvalue weighted by atomic mass is 16.6. The number of allylic oxidation sites excluding steroid dienone is 2. The molecule has 0 amide bonds. The van der Waals surface area contributed by atoms with Gasteiger partial charge in [0.05, 0.1) is 10.3 Å². The van der Waals surface area contributed by atoms with Gasteiger partial charge in [-0.05, 0) is 35.8 Å². The normalized spacial score (nSPS) is 45.7. The molecule has 11 rings (SSSR count). The molecule has 5 nitrogen and oxygen atoms in total. The Morgan fingerprint density at radius 1 is 0.906 bits per heavy atom. The SMILES string of the molecule is C[C@@]12C[C@@]3(c4ccccc4)C4=C1[C@@H]1C[C@H]4[C@H]4C(=O)[C@@H]3[C@@H]2C(=O)[C@@]41c1ccc([N+](=O)[O-])cc1. The van der Waals surface area contributed by atoms with Crippen molar-refractivity contribution in [3.63, 3.8) is 0 Å². The summed E-state index contributed by atoms with van der Waals surface area (Å²) in [6.07, 6.45) is 1.74. The Morgan fingerprint density at radius 3 is 2.31 bits per heavy atom. The third-order valence-corrected chi connectivity index (χ3v) is 10.4. The summed E-state index contributed by atoms with van der Waals surface area (Å²) in [5.41, 5.74) is 3.64. The van der Waals surface area contributed by atoms with Gasteiger partial charge in [-0.3, -0.25) is 19.7 Å². The molecule has 5 fully saturated rings. The van der Waals surface area contributed by atoms with Gasteiger partial charge in [-0.2, -0.15) is 0 Å². The number of non-ortho nitro benzene ring substituents is 1. The van der Waals surface area contributed by atoms with Crippen LogP contribution in [0, 0.1) is 45.1 Å². The fourth-order valence-electron chi connectivity index (χ4n) is 9.98. The number of carbonyl (C=O) groups is 2. The molecule has 0 heterocycles. The summed E-state index contributed by atoms with van der Waals surface area (Å²) in [6, 6.07) is 16.9. The summed E-state index contributed by atoms with van der Waals surface area (Å²) in [5, 5.41) is 11.2. The number of Topliss-reactive ketones (excluding diaryl/α,β-unsaturated/α-hetero) is 2. The van der Waals surface area contributed by atoms with Crippen molar-refractivity contribution in [1.82, 2.24) is 0 Å². The number of benzene rings is 2. The molecule has 2 aromatic rings. The maximum Gasteiger partial charge on any atom is 0.269 e. The van der Waals surface area contributed by atoms with E-state index >= 15 is 0 Å². The van der Waals surface area contributed by atoms with E-state index in [0.717, 1.165) is 18.4 Å². The molecule has 0 aromatic heterocycles. The summed E-state index contributed by atoms with van der Waals surface area (Å²) < 4.78 is 0. The van der Waals surface area contributed by atoms with Gasteiger partial charge >= 0.3 is 0 Å². The number of hydrogen-bond acceptors (Lipinski definition) is 4. The van der Waals surface area contributed by atoms with Gasteiger partial charge in [-0.1, -0.05) is 60.5 Å². The topological polar surface area (TPSA) is 77.3 Å². The molecule has 0 radical (unpaired) electrons. The van der Waals surface area contributed by atoms with Crippen LogP contribution >= 0.6 is 0 Å². The molecule has 0 N–H and O–H groups in total. The minimum Gasteiger partial charge on any atom is -0.299 e.